The quantitative estimate of drug-likeness (QED) is 0.611. The zero-order chi connectivity index (χ0) is 23.1. The van der Waals surface area contributed by atoms with E-state index < -0.39 is 0 Å². The van der Waals surface area contributed by atoms with Crippen LogP contribution in [0.3, 0.4) is 0 Å². The van der Waals surface area contributed by atoms with Crippen molar-refractivity contribution in [3.63, 3.8) is 0 Å². The third-order valence-corrected chi connectivity index (χ3v) is 8.34. The fourth-order valence-corrected chi connectivity index (χ4v) is 6.23. The Morgan fingerprint density at radius 1 is 1.09 bits per heavy atom. The van der Waals surface area contributed by atoms with Gasteiger partial charge in [0.2, 0.25) is 0 Å². The van der Waals surface area contributed by atoms with Gasteiger partial charge in [-0.2, -0.15) is 0 Å². The van der Waals surface area contributed by atoms with Crippen LogP contribution in [0.1, 0.15) is 42.9 Å². The summed E-state index contributed by atoms with van der Waals surface area (Å²) in [5.41, 5.74) is 5.08. The number of piperidine rings is 3. The molecule has 3 aliphatic heterocycles. The number of amides is 1. The molecule has 0 aromatic heterocycles. The molecular weight excluding hydrogens is 428 g/mol. The summed E-state index contributed by atoms with van der Waals surface area (Å²) in [5.74, 6) is 1.38. The van der Waals surface area contributed by atoms with E-state index in [-0.39, 0.29) is 23.7 Å². The fraction of sp³-hybridized carbons (Fsp3) is 0.536. The van der Waals surface area contributed by atoms with Crippen molar-refractivity contribution in [2.24, 2.45) is 11.3 Å². The van der Waals surface area contributed by atoms with Gasteiger partial charge >= 0.3 is 6.09 Å². The number of carbonyl (C=O) groups is 1. The number of benzene rings is 2. The highest BCUT2D eigenvalue weighted by atomic mass is 16.6. The monoisotopic (exact) mass is 462 g/mol. The van der Waals surface area contributed by atoms with E-state index in [1.54, 1.807) is 7.11 Å². The molecule has 0 radical (unpaired) electrons. The maximum Gasteiger partial charge on any atom is 0.407 e. The molecule has 1 N–H and O–H groups in total. The third-order valence-electron chi connectivity index (χ3n) is 8.34. The van der Waals surface area contributed by atoms with Gasteiger partial charge in [-0.1, -0.05) is 30.3 Å². The molecule has 1 saturated carbocycles. The highest BCUT2D eigenvalue weighted by Crippen LogP contribution is 2.62. The van der Waals surface area contributed by atoms with Crippen LogP contribution in [0.4, 0.5) is 4.79 Å². The van der Waals surface area contributed by atoms with Crippen LogP contribution in [0.15, 0.2) is 42.5 Å². The van der Waals surface area contributed by atoms with Crippen LogP contribution in [0.5, 0.6) is 5.75 Å². The second-order valence-corrected chi connectivity index (χ2v) is 10.5. The Morgan fingerprint density at radius 3 is 2.65 bits per heavy atom. The van der Waals surface area contributed by atoms with E-state index >= 15 is 0 Å². The van der Waals surface area contributed by atoms with Crippen LogP contribution in [0, 0.1) is 11.3 Å². The molecule has 2 atom stereocenters. The molecule has 4 fully saturated rings. The van der Waals surface area contributed by atoms with Gasteiger partial charge in [-0.3, -0.25) is 4.90 Å². The summed E-state index contributed by atoms with van der Waals surface area (Å²) in [6.45, 7) is 4.30. The molecule has 1 unspecified atom stereocenters. The predicted molar refractivity (Wildman–Crippen MR) is 130 cm³/mol. The summed E-state index contributed by atoms with van der Waals surface area (Å²) in [6.07, 6.45) is 5.43. The van der Waals surface area contributed by atoms with E-state index in [9.17, 15) is 4.79 Å². The Hall–Kier alpha value is -2.57. The van der Waals surface area contributed by atoms with E-state index in [0.717, 1.165) is 63.1 Å². The maximum absolute atomic E-state index is 12.9. The van der Waals surface area contributed by atoms with Gasteiger partial charge in [-0.25, -0.2) is 4.79 Å². The lowest BCUT2D eigenvalue weighted by atomic mass is 9.86. The number of hydrogen-bond donors (Lipinski definition) is 1. The molecule has 2 aromatic rings. The van der Waals surface area contributed by atoms with Gasteiger partial charge in [0.15, 0.2) is 0 Å². The van der Waals surface area contributed by atoms with Crippen molar-refractivity contribution >= 4 is 6.09 Å². The van der Waals surface area contributed by atoms with Gasteiger partial charge in [0.1, 0.15) is 18.5 Å². The molecule has 2 aromatic carbocycles. The molecule has 7 rings (SSSR count). The van der Waals surface area contributed by atoms with E-state index in [1.165, 1.54) is 16.7 Å². The van der Waals surface area contributed by atoms with Crippen molar-refractivity contribution in [3.8, 4) is 16.9 Å². The lowest BCUT2D eigenvalue weighted by Crippen LogP contribution is -2.52. The zero-order valence-corrected chi connectivity index (χ0v) is 19.9. The minimum atomic E-state index is -0.243. The minimum absolute atomic E-state index is 0.0410. The molecule has 3 heterocycles. The SMILES string of the molecule is COCCOc1cccc(-c2ccc3c(c2)CC2(CC2)C3NC(=O)O[C@@H]2CN3CCC2CC3)c1. The van der Waals surface area contributed by atoms with Crippen LogP contribution >= 0.6 is 0 Å². The number of methoxy groups -OCH3 is 1. The summed E-state index contributed by atoms with van der Waals surface area (Å²) in [5, 5.41) is 3.28. The number of hydrogen-bond acceptors (Lipinski definition) is 5. The molecular formula is C28H34N2O4. The molecule has 2 aliphatic carbocycles. The zero-order valence-electron chi connectivity index (χ0n) is 19.9. The van der Waals surface area contributed by atoms with Gasteiger partial charge in [0, 0.05) is 13.7 Å². The molecule has 34 heavy (non-hydrogen) atoms. The van der Waals surface area contributed by atoms with Crippen molar-refractivity contribution in [2.75, 3.05) is 40.0 Å². The minimum Gasteiger partial charge on any atom is -0.491 e. The Balaban J connectivity index is 1.16. The van der Waals surface area contributed by atoms with Crippen LogP contribution < -0.4 is 10.1 Å². The van der Waals surface area contributed by atoms with E-state index in [2.05, 4.69) is 40.5 Å². The first-order valence-corrected chi connectivity index (χ1v) is 12.7. The van der Waals surface area contributed by atoms with Crippen molar-refractivity contribution in [3.05, 3.63) is 53.6 Å². The topological polar surface area (TPSA) is 60.0 Å². The molecule has 6 nitrogen and oxygen atoms in total. The van der Waals surface area contributed by atoms with Gasteiger partial charge in [0.05, 0.1) is 12.6 Å². The highest BCUT2D eigenvalue weighted by molar-refractivity contribution is 5.71. The van der Waals surface area contributed by atoms with Crippen molar-refractivity contribution in [1.82, 2.24) is 10.2 Å². The van der Waals surface area contributed by atoms with Gasteiger partial charge in [-0.05, 0) is 90.9 Å². The fourth-order valence-electron chi connectivity index (χ4n) is 6.23. The third kappa shape index (κ3) is 4.18. The molecule has 180 valence electrons. The van der Waals surface area contributed by atoms with E-state index in [1.807, 2.05) is 12.1 Å². The van der Waals surface area contributed by atoms with E-state index in [4.69, 9.17) is 14.2 Å². The van der Waals surface area contributed by atoms with Crippen molar-refractivity contribution in [2.45, 2.75) is 44.2 Å². The smallest absolute Gasteiger partial charge is 0.407 e. The molecule has 1 amide bonds. The summed E-state index contributed by atoms with van der Waals surface area (Å²) in [4.78, 5) is 15.3. The summed E-state index contributed by atoms with van der Waals surface area (Å²) in [7, 11) is 1.68. The second kappa shape index (κ2) is 8.90. The number of nitrogens with zero attached hydrogens (tertiary/aromatic N) is 1. The summed E-state index contributed by atoms with van der Waals surface area (Å²) in [6, 6.07) is 14.9. The Bertz CT molecular complexity index is 1060. The average molecular weight is 463 g/mol. The molecule has 5 aliphatic rings. The standard InChI is InChI=1S/C28H34N2O4/c1-32-13-14-33-23-4-2-3-20(16-23)21-5-6-24-22(15-21)17-28(9-10-28)26(24)29-27(31)34-25-18-30-11-7-19(25)8-12-30/h2-6,15-16,19,25-26H,7-14,17-18H2,1H3,(H,29,31)/t25-,26?/m1/s1. The van der Waals surface area contributed by atoms with Crippen LogP contribution in [-0.4, -0.2) is 57.1 Å². The molecule has 3 saturated heterocycles. The second-order valence-electron chi connectivity index (χ2n) is 10.5. The summed E-state index contributed by atoms with van der Waals surface area (Å²) < 4.78 is 16.8. The maximum atomic E-state index is 12.9. The lowest BCUT2D eigenvalue weighted by Gasteiger charge is -2.44. The van der Waals surface area contributed by atoms with Crippen LogP contribution in [-0.2, 0) is 15.9 Å². The Morgan fingerprint density at radius 2 is 1.91 bits per heavy atom. The van der Waals surface area contributed by atoms with Gasteiger partial charge < -0.3 is 19.5 Å². The first-order chi connectivity index (χ1) is 16.6. The first kappa shape index (κ1) is 21.9. The number of carbonyl (C=O) groups excluding carboxylic acids is 1. The first-order valence-electron chi connectivity index (χ1n) is 12.7. The van der Waals surface area contributed by atoms with E-state index in [0.29, 0.717) is 19.1 Å². The number of fused-ring (bicyclic) bond motifs is 4. The Kier molecular flexibility index (Phi) is 5.74. The largest absolute Gasteiger partial charge is 0.491 e. The number of nitrogens with one attached hydrogen (secondary N) is 1. The van der Waals surface area contributed by atoms with Crippen LogP contribution in [0.2, 0.25) is 0 Å². The highest BCUT2D eigenvalue weighted by Gasteiger charge is 2.55. The lowest BCUT2D eigenvalue weighted by molar-refractivity contribution is -0.0344. The molecule has 1 spiro atoms. The number of rotatable bonds is 7. The van der Waals surface area contributed by atoms with Crippen LogP contribution in [0.25, 0.3) is 11.1 Å². The summed E-state index contributed by atoms with van der Waals surface area (Å²) >= 11 is 0. The number of alkyl carbamates (subject to hydrolysis) is 1. The molecule has 6 heteroatoms. The normalized spacial score (nSPS) is 27.9. The van der Waals surface area contributed by atoms with Crippen molar-refractivity contribution in [1.29, 1.82) is 0 Å². The van der Waals surface area contributed by atoms with Gasteiger partial charge in [-0.15, -0.1) is 0 Å². The average Bonchev–Trinajstić information content (AvgIpc) is 3.57. The Labute approximate surface area is 201 Å². The van der Waals surface area contributed by atoms with Gasteiger partial charge in [0.25, 0.3) is 0 Å². The molecule has 2 bridgehead atoms. The predicted octanol–water partition coefficient (Wildman–Crippen LogP) is 4.58. The number of ether oxygens (including phenoxy) is 3. The van der Waals surface area contributed by atoms with Crippen molar-refractivity contribution < 1.29 is 19.0 Å².